The molecule has 21 heavy (non-hydrogen) atoms. The highest BCUT2D eigenvalue weighted by atomic mass is 16.5. The van der Waals surface area contributed by atoms with Crippen molar-refractivity contribution in [1.82, 2.24) is 0 Å². The van der Waals surface area contributed by atoms with Crippen molar-refractivity contribution < 1.29 is 4.74 Å². The average molecular weight is 276 g/mol. The van der Waals surface area contributed by atoms with Gasteiger partial charge in [0.25, 0.3) is 0 Å². The zero-order chi connectivity index (χ0) is 14.5. The van der Waals surface area contributed by atoms with Gasteiger partial charge in [-0.25, -0.2) is 0 Å². The van der Waals surface area contributed by atoms with Crippen LogP contribution in [0.4, 0.5) is 17.1 Å². The van der Waals surface area contributed by atoms with Crippen LogP contribution in [0.2, 0.25) is 0 Å². The summed E-state index contributed by atoms with van der Waals surface area (Å²) in [6.45, 7) is 0. The quantitative estimate of drug-likeness (QED) is 0.672. The summed E-state index contributed by atoms with van der Waals surface area (Å²) in [5.41, 5.74) is 8.39. The van der Waals surface area contributed by atoms with Crippen molar-refractivity contribution in [3.8, 4) is 11.5 Å². The number of hydrogen-bond acceptors (Lipinski definition) is 3. The Hall–Kier alpha value is -2.94. The van der Waals surface area contributed by atoms with E-state index in [1.807, 2.05) is 78.9 Å². The van der Waals surface area contributed by atoms with E-state index in [1.54, 1.807) is 0 Å². The molecule has 0 bridgehead atoms. The lowest BCUT2D eigenvalue weighted by molar-refractivity contribution is 0.483. The molecule has 0 aliphatic carbocycles. The molecule has 0 amide bonds. The molecule has 0 spiro atoms. The second kappa shape index (κ2) is 6.01. The van der Waals surface area contributed by atoms with Crippen LogP contribution in [0.3, 0.4) is 0 Å². The molecular weight excluding hydrogens is 260 g/mol. The van der Waals surface area contributed by atoms with E-state index < -0.39 is 0 Å². The van der Waals surface area contributed by atoms with Crippen molar-refractivity contribution in [3.63, 3.8) is 0 Å². The normalized spacial score (nSPS) is 10.1. The molecule has 3 nitrogen and oxygen atoms in total. The summed E-state index contributed by atoms with van der Waals surface area (Å²) < 4.78 is 5.82. The van der Waals surface area contributed by atoms with Crippen LogP contribution in [0.1, 0.15) is 0 Å². The number of ether oxygens (including phenoxy) is 1. The van der Waals surface area contributed by atoms with Gasteiger partial charge in [0, 0.05) is 23.1 Å². The predicted octanol–water partition coefficient (Wildman–Crippen LogP) is 4.80. The van der Waals surface area contributed by atoms with Gasteiger partial charge in [-0.3, -0.25) is 0 Å². The monoisotopic (exact) mass is 276 g/mol. The first-order valence-electron chi connectivity index (χ1n) is 6.75. The van der Waals surface area contributed by atoms with Crippen molar-refractivity contribution in [2.45, 2.75) is 0 Å². The molecule has 0 aromatic heterocycles. The molecule has 0 atom stereocenters. The van der Waals surface area contributed by atoms with Gasteiger partial charge in [-0.2, -0.15) is 0 Å². The Balaban J connectivity index is 1.75. The molecule has 0 radical (unpaired) electrons. The Kier molecular flexibility index (Phi) is 3.74. The van der Waals surface area contributed by atoms with Crippen LogP contribution in [-0.4, -0.2) is 0 Å². The second-order valence-corrected chi connectivity index (χ2v) is 4.69. The third kappa shape index (κ3) is 3.54. The van der Waals surface area contributed by atoms with Crippen molar-refractivity contribution in [3.05, 3.63) is 78.9 Å². The van der Waals surface area contributed by atoms with Crippen LogP contribution in [0.25, 0.3) is 0 Å². The fourth-order valence-corrected chi connectivity index (χ4v) is 2.00. The highest BCUT2D eigenvalue weighted by Crippen LogP contribution is 2.25. The SMILES string of the molecule is Nc1ccc(Nc2cccc(Oc3ccccc3)c2)cc1. The van der Waals surface area contributed by atoms with Crippen LogP contribution >= 0.6 is 0 Å². The number of benzene rings is 3. The van der Waals surface area contributed by atoms with Crippen molar-refractivity contribution in [1.29, 1.82) is 0 Å². The number of hydrogen-bond donors (Lipinski definition) is 2. The van der Waals surface area contributed by atoms with Gasteiger partial charge in [-0.1, -0.05) is 24.3 Å². The Morgan fingerprint density at radius 3 is 2.14 bits per heavy atom. The Morgan fingerprint density at radius 1 is 0.667 bits per heavy atom. The van der Waals surface area contributed by atoms with Gasteiger partial charge < -0.3 is 15.8 Å². The number of nitrogens with two attached hydrogens (primary N) is 1. The summed E-state index contributed by atoms with van der Waals surface area (Å²) in [4.78, 5) is 0. The fourth-order valence-electron chi connectivity index (χ4n) is 2.00. The highest BCUT2D eigenvalue weighted by Gasteiger charge is 1.99. The third-order valence-electron chi connectivity index (χ3n) is 3.01. The molecule has 3 rings (SSSR count). The van der Waals surface area contributed by atoms with Gasteiger partial charge >= 0.3 is 0 Å². The van der Waals surface area contributed by atoms with E-state index in [2.05, 4.69) is 5.32 Å². The zero-order valence-corrected chi connectivity index (χ0v) is 11.5. The van der Waals surface area contributed by atoms with Gasteiger partial charge in [0.05, 0.1) is 0 Å². The van der Waals surface area contributed by atoms with Crippen molar-refractivity contribution >= 4 is 17.1 Å². The van der Waals surface area contributed by atoms with Crippen LogP contribution in [-0.2, 0) is 0 Å². The van der Waals surface area contributed by atoms with Gasteiger partial charge in [0.2, 0.25) is 0 Å². The zero-order valence-electron chi connectivity index (χ0n) is 11.5. The van der Waals surface area contributed by atoms with Gasteiger partial charge in [0.1, 0.15) is 11.5 Å². The topological polar surface area (TPSA) is 47.3 Å². The molecule has 3 N–H and O–H groups in total. The predicted molar refractivity (Wildman–Crippen MR) is 87.1 cm³/mol. The van der Waals surface area contributed by atoms with Crippen LogP contribution < -0.4 is 15.8 Å². The number of rotatable bonds is 4. The van der Waals surface area contributed by atoms with Crippen molar-refractivity contribution in [2.75, 3.05) is 11.1 Å². The Bertz CT molecular complexity index is 709. The third-order valence-corrected chi connectivity index (χ3v) is 3.01. The van der Waals surface area contributed by atoms with Crippen LogP contribution in [0.5, 0.6) is 11.5 Å². The molecule has 0 unspecified atom stereocenters. The molecule has 0 aliphatic rings. The minimum absolute atomic E-state index is 0.752. The molecular formula is C18H16N2O. The average Bonchev–Trinajstić information content (AvgIpc) is 2.51. The van der Waals surface area contributed by atoms with E-state index in [0.29, 0.717) is 0 Å². The van der Waals surface area contributed by atoms with E-state index in [1.165, 1.54) is 0 Å². The van der Waals surface area contributed by atoms with Crippen LogP contribution in [0.15, 0.2) is 78.9 Å². The molecule has 3 heteroatoms. The first kappa shape index (κ1) is 13.1. The smallest absolute Gasteiger partial charge is 0.129 e. The minimum atomic E-state index is 0.752. The maximum Gasteiger partial charge on any atom is 0.129 e. The molecule has 0 fully saturated rings. The van der Waals surface area contributed by atoms with E-state index in [-0.39, 0.29) is 0 Å². The maximum atomic E-state index is 5.82. The number of para-hydroxylation sites is 1. The van der Waals surface area contributed by atoms with E-state index in [4.69, 9.17) is 10.5 Å². The molecule has 0 saturated heterocycles. The summed E-state index contributed by atoms with van der Waals surface area (Å²) in [6, 6.07) is 25.2. The summed E-state index contributed by atoms with van der Waals surface area (Å²) >= 11 is 0. The lowest BCUT2D eigenvalue weighted by Gasteiger charge is -2.10. The molecule has 3 aromatic carbocycles. The lowest BCUT2D eigenvalue weighted by atomic mass is 10.2. The van der Waals surface area contributed by atoms with Crippen molar-refractivity contribution in [2.24, 2.45) is 0 Å². The van der Waals surface area contributed by atoms with E-state index in [9.17, 15) is 0 Å². The Labute approximate surface area is 124 Å². The van der Waals surface area contributed by atoms with E-state index in [0.717, 1.165) is 28.6 Å². The second-order valence-electron chi connectivity index (χ2n) is 4.69. The lowest BCUT2D eigenvalue weighted by Crippen LogP contribution is -1.92. The largest absolute Gasteiger partial charge is 0.457 e. The van der Waals surface area contributed by atoms with Gasteiger partial charge in [0.15, 0.2) is 0 Å². The molecule has 0 heterocycles. The summed E-state index contributed by atoms with van der Waals surface area (Å²) in [7, 11) is 0. The number of nitrogen functional groups attached to an aromatic ring is 1. The van der Waals surface area contributed by atoms with Gasteiger partial charge in [-0.05, 0) is 48.5 Å². The van der Waals surface area contributed by atoms with Crippen LogP contribution in [0, 0.1) is 0 Å². The molecule has 104 valence electrons. The first-order valence-corrected chi connectivity index (χ1v) is 6.75. The molecule has 3 aromatic rings. The van der Waals surface area contributed by atoms with E-state index >= 15 is 0 Å². The Morgan fingerprint density at radius 2 is 1.38 bits per heavy atom. The first-order chi connectivity index (χ1) is 10.3. The number of anilines is 3. The maximum absolute atomic E-state index is 5.82. The fraction of sp³-hybridized carbons (Fsp3) is 0. The molecule has 0 saturated carbocycles. The number of nitrogens with one attached hydrogen (secondary N) is 1. The summed E-state index contributed by atoms with van der Waals surface area (Å²) in [5.74, 6) is 1.61. The minimum Gasteiger partial charge on any atom is -0.457 e. The highest BCUT2D eigenvalue weighted by molar-refractivity contribution is 5.63. The standard InChI is InChI=1S/C18H16N2O/c19-14-9-11-15(12-10-14)20-16-5-4-8-18(13-16)21-17-6-2-1-3-7-17/h1-13,20H,19H2. The summed E-state index contributed by atoms with van der Waals surface area (Å²) in [6.07, 6.45) is 0. The van der Waals surface area contributed by atoms with Gasteiger partial charge in [-0.15, -0.1) is 0 Å². The molecule has 0 aliphatic heterocycles. The summed E-state index contributed by atoms with van der Waals surface area (Å²) in [5, 5.41) is 3.32.